The highest BCUT2D eigenvalue weighted by Crippen LogP contribution is 2.36. The number of benzene rings is 1. The number of aromatic nitrogens is 3. The number of pyridine rings is 1. The molecule has 7 nitrogen and oxygen atoms in total. The lowest BCUT2D eigenvalue weighted by atomic mass is 9.89. The van der Waals surface area contributed by atoms with Crippen LogP contribution in [0.3, 0.4) is 0 Å². The molecule has 1 aromatic carbocycles. The van der Waals surface area contributed by atoms with Gasteiger partial charge in [0.2, 0.25) is 5.91 Å². The predicted octanol–water partition coefficient (Wildman–Crippen LogP) is 3.36. The lowest BCUT2D eigenvalue weighted by Gasteiger charge is -2.35. The second-order valence-corrected chi connectivity index (χ2v) is 8.62. The number of hydrogen-bond donors (Lipinski definition) is 0. The molecular weight excluding hydrogens is 419 g/mol. The van der Waals surface area contributed by atoms with Crippen molar-refractivity contribution in [1.29, 1.82) is 5.26 Å². The van der Waals surface area contributed by atoms with Gasteiger partial charge in [-0.25, -0.2) is 9.37 Å². The molecule has 1 aliphatic heterocycles. The summed E-state index contributed by atoms with van der Waals surface area (Å²) in [6, 6.07) is 9.54. The van der Waals surface area contributed by atoms with Gasteiger partial charge in [-0.1, -0.05) is 12.1 Å². The normalized spacial score (nSPS) is 16.1. The van der Waals surface area contributed by atoms with Gasteiger partial charge < -0.3 is 9.47 Å². The molecule has 170 valence electrons. The number of rotatable bonds is 3. The van der Waals surface area contributed by atoms with Gasteiger partial charge in [-0.2, -0.15) is 5.26 Å². The van der Waals surface area contributed by atoms with E-state index < -0.39 is 5.67 Å². The SMILES string of the molecule is CC(=O)N1CCC(F)(c2cc3c(=NCc4cccc(C#N)c4C)nc(C)n(C)c3cn2)CC1. The molecule has 3 heterocycles. The van der Waals surface area contributed by atoms with E-state index in [4.69, 9.17) is 4.99 Å². The van der Waals surface area contributed by atoms with Crippen LogP contribution in [0.4, 0.5) is 4.39 Å². The maximum Gasteiger partial charge on any atom is 0.219 e. The van der Waals surface area contributed by atoms with Crippen LogP contribution in [0.1, 0.15) is 48.0 Å². The van der Waals surface area contributed by atoms with Gasteiger partial charge in [0.25, 0.3) is 0 Å². The molecule has 0 saturated carbocycles. The van der Waals surface area contributed by atoms with Gasteiger partial charge in [-0.15, -0.1) is 0 Å². The molecule has 0 spiro atoms. The van der Waals surface area contributed by atoms with Crippen LogP contribution in [0.5, 0.6) is 0 Å². The van der Waals surface area contributed by atoms with Gasteiger partial charge in [-0.05, 0) is 37.1 Å². The zero-order chi connectivity index (χ0) is 23.8. The minimum Gasteiger partial charge on any atom is -0.343 e. The van der Waals surface area contributed by atoms with Crippen LogP contribution in [0, 0.1) is 25.2 Å². The quantitative estimate of drug-likeness (QED) is 0.617. The van der Waals surface area contributed by atoms with E-state index in [-0.39, 0.29) is 18.7 Å². The van der Waals surface area contributed by atoms with Crippen LogP contribution >= 0.6 is 0 Å². The highest BCUT2D eigenvalue weighted by atomic mass is 19.1. The Labute approximate surface area is 192 Å². The number of hydrogen-bond acceptors (Lipinski definition) is 5. The molecule has 1 aliphatic rings. The number of carbonyl (C=O) groups excluding carboxylic acids is 1. The van der Waals surface area contributed by atoms with Crippen LogP contribution in [-0.4, -0.2) is 38.4 Å². The molecule has 1 amide bonds. The second kappa shape index (κ2) is 8.74. The van der Waals surface area contributed by atoms with Crippen LogP contribution in [0.15, 0.2) is 35.5 Å². The highest BCUT2D eigenvalue weighted by molar-refractivity contribution is 5.78. The first-order valence-corrected chi connectivity index (χ1v) is 11.0. The zero-order valence-corrected chi connectivity index (χ0v) is 19.4. The number of fused-ring (bicyclic) bond motifs is 1. The number of aryl methyl sites for hydroxylation is 2. The molecule has 0 bridgehead atoms. The van der Waals surface area contributed by atoms with Crippen molar-refractivity contribution in [2.24, 2.45) is 12.0 Å². The van der Waals surface area contributed by atoms with Gasteiger partial charge in [0.05, 0.1) is 35.6 Å². The summed E-state index contributed by atoms with van der Waals surface area (Å²) in [6.07, 6.45) is 2.10. The van der Waals surface area contributed by atoms with Gasteiger partial charge in [0.15, 0.2) is 11.2 Å². The number of alkyl halides is 1. The molecule has 0 aliphatic carbocycles. The predicted molar refractivity (Wildman–Crippen MR) is 123 cm³/mol. The number of nitriles is 1. The summed E-state index contributed by atoms with van der Waals surface area (Å²) in [5, 5.41) is 10.0. The van der Waals surface area contributed by atoms with E-state index in [1.54, 1.807) is 23.2 Å². The first-order valence-electron chi connectivity index (χ1n) is 11.0. The van der Waals surface area contributed by atoms with Crippen molar-refractivity contribution in [3.8, 4) is 6.07 Å². The van der Waals surface area contributed by atoms with Crippen LogP contribution in [0.25, 0.3) is 10.9 Å². The van der Waals surface area contributed by atoms with Crippen LogP contribution in [-0.2, 0) is 24.1 Å². The summed E-state index contributed by atoms with van der Waals surface area (Å²) in [7, 11) is 1.90. The van der Waals surface area contributed by atoms with E-state index >= 15 is 4.39 Å². The summed E-state index contributed by atoms with van der Waals surface area (Å²) >= 11 is 0. The molecule has 0 radical (unpaired) electrons. The van der Waals surface area contributed by atoms with Gasteiger partial charge in [-0.3, -0.25) is 14.8 Å². The summed E-state index contributed by atoms with van der Waals surface area (Å²) in [5.41, 5.74) is 2.56. The molecule has 1 saturated heterocycles. The second-order valence-electron chi connectivity index (χ2n) is 8.62. The number of amides is 1. The molecule has 0 atom stereocenters. The lowest BCUT2D eigenvalue weighted by Crippen LogP contribution is -2.42. The molecule has 2 aromatic heterocycles. The third kappa shape index (κ3) is 4.23. The van der Waals surface area contributed by atoms with E-state index in [0.29, 0.717) is 36.4 Å². The Morgan fingerprint density at radius 3 is 2.70 bits per heavy atom. The maximum atomic E-state index is 15.9. The fourth-order valence-electron chi connectivity index (χ4n) is 4.29. The van der Waals surface area contributed by atoms with Crippen molar-refractivity contribution in [2.75, 3.05) is 13.1 Å². The Morgan fingerprint density at radius 2 is 2.03 bits per heavy atom. The van der Waals surface area contributed by atoms with Crippen molar-refractivity contribution >= 4 is 16.8 Å². The lowest BCUT2D eigenvalue weighted by molar-refractivity contribution is -0.131. The van der Waals surface area contributed by atoms with E-state index in [1.807, 2.05) is 37.6 Å². The highest BCUT2D eigenvalue weighted by Gasteiger charge is 2.38. The van der Waals surface area contributed by atoms with E-state index in [9.17, 15) is 10.1 Å². The molecule has 0 unspecified atom stereocenters. The number of halogens is 1. The van der Waals surface area contributed by atoms with Crippen molar-refractivity contribution in [1.82, 2.24) is 19.4 Å². The average molecular weight is 447 g/mol. The van der Waals surface area contributed by atoms with Crippen LogP contribution in [0.2, 0.25) is 0 Å². The molecular formula is C25H27FN6O. The molecule has 33 heavy (non-hydrogen) atoms. The van der Waals surface area contributed by atoms with E-state index in [2.05, 4.69) is 16.0 Å². The Morgan fingerprint density at radius 1 is 1.30 bits per heavy atom. The molecule has 1 fully saturated rings. The van der Waals surface area contributed by atoms with Gasteiger partial charge in [0, 0.05) is 45.3 Å². The molecule has 3 aromatic rings. The Kier molecular flexibility index (Phi) is 5.98. The summed E-state index contributed by atoms with van der Waals surface area (Å²) < 4.78 is 17.8. The Balaban J connectivity index is 1.78. The summed E-state index contributed by atoms with van der Waals surface area (Å²) in [6.45, 7) is 6.42. The maximum absolute atomic E-state index is 15.9. The topological polar surface area (TPSA) is 87.2 Å². The molecule has 4 rings (SSSR count). The third-order valence-corrected chi connectivity index (χ3v) is 6.66. The minimum atomic E-state index is -1.60. The molecule has 0 N–H and O–H groups in total. The molecule has 8 heteroatoms. The smallest absolute Gasteiger partial charge is 0.219 e. The summed E-state index contributed by atoms with van der Waals surface area (Å²) in [4.78, 5) is 27.2. The van der Waals surface area contributed by atoms with Gasteiger partial charge in [0.1, 0.15) is 5.82 Å². The number of nitrogens with zero attached hydrogens (tertiary/aromatic N) is 6. The van der Waals surface area contributed by atoms with E-state index in [0.717, 1.165) is 27.9 Å². The summed E-state index contributed by atoms with van der Waals surface area (Å²) in [5.74, 6) is 0.732. The number of piperidine rings is 1. The monoisotopic (exact) mass is 446 g/mol. The third-order valence-electron chi connectivity index (χ3n) is 6.66. The fraction of sp³-hybridized carbons (Fsp3) is 0.400. The average Bonchev–Trinajstić information content (AvgIpc) is 2.81. The zero-order valence-electron chi connectivity index (χ0n) is 19.4. The first-order chi connectivity index (χ1) is 15.7. The van der Waals surface area contributed by atoms with Crippen molar-refractivity contribution in [3.05, 3.63) is 64.2 Å². The van der Waals surface area contributed by atoms with Crippen molar-refractivity contribution in [3.63, 3.8) is 0 Å². The standard InChI is InChI=1S/C25H27FN6O/c1-16-19(13-27)6-5-7-20(16)14-29-24-21-12-23(28-15-22(21)31(4)17(2)30-24)25(26)8-10-32(11-9-25)18(3)33/h5-7,12,15H,8-11,14H2,1-4H3. The minimum absolute atomic E-state index is 0.0351. The van der Waals surface area contributed by atoms with E-state index in [1.165, 1.54) is 6.92 Å². The first kappa shape index (κ1) is 22.6. The van der Waals surface area contributed by atoms with Gasteiger partial charge >= 0.3 is 0 Å². The Hall–Kier alpha value is -3.60. The number of carbonyl (C=O) groups is 1. The number of likely N-dealkylation sites (tertiary alicyclic amines) is 1. The van der Waals surface area contributed by atoms with Crippen molar-refractivity contribution < 1.29 is 9.18 Å². The largest absolute Gasteiger partial charge is 0.343 e. The Bertz CT molecular complexity index is 1350. The van der Waals surface area contributed by atoms with Crippen molar-refractivity contribution in [2.45, 2.75) is 45.8 Å². The van der Waals surface area contributed by atoms with Crippen LogP contribution < -0.4 is 5.49 Å². The fourth-order valence-corrected chi connectivity index (χ4v) is 4.29.